The average molecular weight is 296 g/mol. The number of aliphatic hydroxyl groups excluding tert-OH is 1. The van der Waals surface area contributed by atoms with E-state index < -0.39 is 17.8 Å². The lowest BCUT2D eigenvalue weighted by atomic mass is 10.0. The minimum atomic E-state index is -4.37. The Morgan fingerprint density at radius 3 is 2.76 bits per heavy atom. The molecule has 3 nitrogen and oxygen atoms in total. The fourth-order valence-corrected chi connectivity index (χ4v) is 2.76. The number of aromatic nitrogens is 1. The largest absolute Gasteiger partial charge is 0.416 e. The molecule has 0 radical (unpaired) electrons. The zero-order valence-corrected chi connectivity index (χ0v) is 11.3. The molecule has 2 heterocycles. The molecule has 3 rings (SSSR count). The second kappa shape index (κ2) is 5.18. The molecule has 0 bridgehead atoms. The van der Waals surface area contributed by atoms with E-state index in [1.54, 1.807) is 6.07 Å². The summed E-state index contributed by atoms with van der Waals surface area (Å²) in [5, 5.41) is 10.4. The number of nitrogens with zero attached hydrogens (tertiary/aromatic N) is 2. The van der Waals surface area contributed by atoms with Gasteiger partial charge in [0.2, 0.25) is 0 Å². The molecule has 0 aliphatic carbocycles. The summed E-state index contributed by atoms with van der Waals surface area (Å²) in [7, 11) is 0. The van der Waals surface area contributed by atoms with E-state index in [-0.39, 0.29) is 0 Å². The fraction of sp³-hybridized carbons (Fsp3) is 0.400. The van der Waals surface area contributed by atoms with Crippen LogP contribution in [0.5, 0.6) is 0 Å². The Hall–Kier alpha value is -1.82. The number of β-amino-alcohol motifs (C(OH)–C–C–N with tert-alkyl or cyclic N) is 1. The van der Waals surface area contributed by atoms with Crippen LogP contribution >= 0.6 is 0 Å². The molecule has 112 valence electrons. The minimum Gasteiger partial charge on any atom is -0.391 e. The number of benzene rings is 1. The summed E-state index contributed by atoms with van der Waals surface area (Å²) in [5.74, 6) is 0. The third-order valence-electron chi connectivity index (χ3n) is 3.78. The molecule has 21 heavy (non-hydrogen) atoms. The highest BCUT2D eigenvalue weighted by atomic mass is 19.4. The highest BCUT2D eigenvalue weighted by molar-refractivity contribution is 5.92. The predicted octanol–water partition coefficient (Wildman–Crippen LogP) is 3.21. The number of anilines is 1. The maximum Gasteiger partial charge on any atom is 0.416 e. The van der Waals surface area contributed by atoms with Crippen LogP contribution in [0.2, 0.25) is 0 Å². The number of aliphatic hydroxyl groups is 1. The number of piperidine rings is 1. The van der Waals surface area contributed by atoms with Gasteiger partial charge in [0.1, 0.15) is 0 Å². The summed E-state index contributed by atoms with van der Waals surface area (Å²) < 4.78 is 38.3. The van der Waals surface area contributed by atoms with Crippen molar-refractivity contribution in [2.45, 2.75) is 25.1 Å². The lowest BCUT2D eigenvalue weighted by Gasteiger charge is -2.32. The van der Waals surface area contributed by atoms with E-state index in [9.17, 15) is 18.3 Å². The maximum atomic E-state index is 12.8. The van der Waals surface area contributed by atoms with Gasteiger partial charge in [-0.25, -0.2) is 0 Å². The summed E-state index contributed by atoms with van der Waals surface area (Å²) in [4.78, 5) is 6.05. The molecule has 1 fully saturated rings. The number of pyridine rings is 1. The van der Waals surface area contributed by atoms with Crippen molar-refractivity contribution >= 4 is 16.6 Å². The highest BCUT2D eigenvalue weighted by Gasteiger charge is 2.31. The van der Waals surface area contributed by atoms with Gasteiger partial charge in [0.15, 0.2) is 0 Å². The van der Waals surface area contributed by atoms with E-state index >= 15 is 0 Å². The Labute approximate surface area is 120 Å². The van der Waals surface area contributed by atoms with E-state index in [1.165, 1.54) is 12.3 Å². The van der Waals surface area contributed by atoms with Crippen molar-refractivity contribution < 1.29 is 18.3 Å². The Bertz CT molecular complexity index is 657. The first-order valence-corrected chi connectivity index (χ1v) is 6.84. The summed E-state index contributed by atoms with van der Waals surface area (Å²) in [6.45, 7) is 1.29. The van der Waals surface area contributed by atoms with Crippen molar-refractivity contribution in [3.05, 3.63) is 36.0 Å². The Balaban J connectivity index is 2.04. The first-order valence-electron chi connectivity index (χ1n) is 6.84. The molecule has 6 heteroatoms. The average Bonchev–Trinajstić information content (AvgIpc) is 2.45. The lowest BCUT2D eigenvalue weighted by molar-refractivity contribution is -0.137. The molecule has 1 atom stereocenters. The van der Waals surface area contributed by atoms with Crippen LogP contribution in [0.25, 0.3) is 10.9 Å². The maximum absolute atomic E-state index is 12.8. The van der Waals surface area contributed by atoms with Gasteiger partial charge >= 0.3 is 6.18 Å². The Morgan fingerprint density at radius 1 is 1.24 bits per heavy atom. The molecule has 0 spiro atoms. The third-order valence-corrected chi connectivity index (χ3v) is 3.78. The van der Waals surface area contributed by atoms with Crippen LogP contribution in [0.4, 0.5) is 18.9 Å². The van der Waals surface area contributed by atoms with E-state index in [2.05, 4.69) is 4.98 Å². The molecule has 1 aromatic carbocycles. The standard InChI is InChI=1S/C15H15F3N2O/c16-15(17,18)10-3-4-12-13(8-10)19-6-5-14(12)20-7-1-2-11(21)9-20/h3-6,8,11,21H,1-2,7,9H2/t11-/m1/s1. The first kappa shape index (κ1) is 14.1. The summed E-state index contributed by atoms with van der Waals surface area (Å²) >= 11 is 0. The summed E-state index contributed by atoms with van der Waals surface area (Å²) in [6, 6.07) is 5.39. The lowest BCUT2D eigenvalue weighted by Crippen LogP contribution is -2.38. The van der Waals surface area contributed by atoms with Crippen LogP contribution in [-0.4, -0.2) is 29.3 Å². The topological polar surface area (TPSA) is 36.4 Å². The zero-order chi connectivity index (χ0) is 15.0. The minimum absolute atomic E-state index is 0.322. The zero-order valence-electron chi connectivity index (χ0n) is 11.3. The molecule has 1 N–H and O–H groups in total. The molecule has 1 aliphatic rings. The molecular weight excluding hydrogens is 281 g/mol. The van der Waals surface area contributed by atoms with Crippen LogP contribution < -0.4 is 4.90 Å². The van der Waals surface area contributed by atoms with Crippen LogP contribution in [0, 0.1) is 0 Å². The van der Waals surface area contributed by atoms with Gasteiger partial charge in [0, 0.05) is 30.4 Å². The van der Waals surface area contributed by atoms with Crippen molar-refractivity contribution in [2.75, 3.05) is 18.0 Å². The Morgan fingerprint density at radius 2 is 2.05 bits per heavy atom. The van der Waals surface area contributed by atoms with Gasteiger partial charge in [-0.1, -0.05) is 6.07 Å². The van der Waals surface area contributed by atoms with E-state index in [0.29, 0.717) is 17.4 Å². The van der Waals surface area contributed by atoms with Gasteiger partial charge < -0.3 is 10.0 Å². The number of hydrogen-bond acceptors (Lipinski definition) is 3. The van der Waals surface area contributed by atoms with Gasteiger partial charge in [-0.3, -0.25) is 4.98 Å². The van der Waals surface area contributed by atoms with Crippen LogP contribution in [0.3, 0.4) is 0 Å². The second-order valence-corrected chi connectivity index (χ2v) is 5.30. The number of rotatable bonds is 1. The molecule has 0 saturated carbocycles. The summed E-state index contributed by atoms with van der Waals surface area (Å²) in [5.41, 5.74) is 0.452. The van der Waals surface area contributed by atoms with E-state index in [1.807, 2.05) is 4.90 Å². The van der Waals surface area contributed by atoms with Gasteiger partial charge in [0.25, 0.3) is 0 Å². The van der Waals surface area contributed by atoms with Crippen molar-refractivity contribution in [3.8, 4) is 0 Å². The molecule has 2 aromatic rings. The predicted molar refractivity (Wildman–Crippen MR) is 74.2 cm³/mol. The van der Waals surface area contributed by atoms with Gasteiger partial charge in [-0.05, 0) is 31.0 Å². The van der Waals surface area contributed by atoms with Crippen molar-refractivity contribution in [2.24, 2.45) is 0 Å². The Kier molecular flexibility index (Phi) is 3.49. The molecule has 0 unspecified atom stereocenters. The van der Waals surface area contributed by atoms with Crippen LogP contribution in [0.1, 0.15) is 18.4 Å². The molecule has 1 aromatic heterocycles. The SMILES string of the molecule is O[C@@H]1CCCN(c2ccnc3cc(C(F)(F)F)ccc23)C1. The van der Waals surface area contributed by atoms with Crippen LogP contribution in [-0.2, 0) is 6.18 Å². The van der Waals surface area contributed by atoms with E-state index in [4.69, 9.17) is 0 Å². The normalized spacial score (nSPS) is 20.0. The summed E-state index contributed by atoms with van der Waals surface area (Å²) in [6.07, 6.45) is -1.62. The number of fused-ring (bicyclic) bond motifs is 1. The third kappa shape index (κ3) is 2.81. The smallest absolute Gasteiger partial charge is 0.391 e. The molecular formula is C15H15F3N2O. The van der Waals surface area contributed by atoms with Gasteiger partial charge in [0.05, 0.1) is 17.2 Å². The van der Waals surface area contributed by atoms with Crippen LogP contribution in [0.15, 0.2) is 30.5 Å². The molecule has 0 amide bonds. The quantitative estimate of drug-likeness (QED) is 0.878. The monoisotopic (exact) mass is 296 g/mol. The van der Waals surface area contributed by atoms with Gasteiger partial charge in [-0.15, -0.1) is 0 Å². The number of alkyl halides is 3. The molecule has 1 aliphatic heterocycles. The van der Waals surface area contributed by atoms with E-state index in [0.717, 1.165) is 37.2 Å². The van der Waals surface area contributed by atoms with Crippen molar-refractivity contribution in [1.29, 1.82) is 0 Å². The molecule has 1 saturated heterocycles. The fourth-order valence-electron chi connectivity index (χ4n) is 2.76. The van der Waals surface area contributed by atoms with Gasteiger partial charge in [-0.2, -0.15) is 13.2 Å². The van der Waals surface area contributed by atoms with Crippen molar-refractivity contribution in [3.63, 3.8) is 0 Å². The second-order valence-electron chi connectivity index (χ2n) is 5.30. The highest BCUT2D eigenvalue weighted by Crippen LogP contribution is 2.34. The number of hydrogen-bond donors (Lipinski definition) is 1. The number of halogens is 3. The van der Waals surface area contributed by atoms with Crippen molar-refractivity contribution in [1.82, 2.24) is 4.98 Å². The first-order chi connectivity index (χ1) is 9.95.